The van der Waals surface area contributed by atoms with Crippen LogP contribution in [0.5, 0.6) is 0 Å². The van der Waals surface area contributed by atoms with Crippen molar-refractivity contribution in [1.29, 1.82) is 0 Å². The second-order valence-corrected chi connectivity index (χ2v) is 6.74. The predicted octanol–water partition coefficient (Wildman–Crippen LogP) is 2.84. The number of carbonyl (C=O) groups excluding carboxylic acids is 1. The summed E-state index contributed by atoms with van der Waals surface area (Å²) in [6, 6.07) is 9.05. The van der Waals surface area contributed by atoms with E-state index in [0.717, 1.165) is 11.8 Å². The fourth-order valence-electron chi connectivity index (χ4n) is 3.34. The maximum atomic E-state index is 13.9. The van der Waals surface area contributed by atoms with Gasteiger partial charge in [0.25, 0.3) is 5.91 Å². The Kier molecular flexibility index (Phi) is 4.81. The third kappa shape index (κ3) is 3.54. The minimum atomic E-state index is -0.926. The van der Waals surface area contributed by atoms with Crippen molar-refractivity contribution in [2.45, 2.75) is 18.9 Å². The van der Waals surface area contributed by atoms with Crippen LogP contribution in [-0.4, -0.2) is 53.9 Å². The van der Waals surface area contributed by atoms with E-state index in [2.05, 4.69) is 22.0 Å². The van der Waals surface area contributed by atoms with E-state index in [1.54, 1.807) is 4.90 Å². The van der Waals surface area contributed by atoms with Gasteiger partial charge in [0.15, 0.2) is 11.5 Å². The maximum Gasteiger partial charge on any atom is 0.275 e. The molecule has 132 valence electrons. The van der Waals surface area contributed by atoms with Crippen molar-refractivity contribution in [2.24, 2.45) is 0 Å². The lowest BCUT2D eigenvalue weighted by Gasteiger charge is -2.25. The quantitative estimate of drug-likeness (QED) is 0.858. The van der Waals surface area contributed by atoms with Crippen LogP contribution < -0.4 is 0 Å². The van der Waals surface area contributed by atoms with E-state index >= 15 is 0 Å². The largest absolute Gasteiger partial charge is 0.335 e. The third-order valence-electron chi connectivity index (χ3n) is 4.76. The highest BCUT2D eigenvalue weighted by Gasteiger charge is 2.38. The lowest BCUT2D eigenvalue weighted by molar-refractivity contribution is 0.0771. The van der Waals surface area contributed by atoms with Gasteiger partial charge in [-0.15, -0.1) is 0 Å². The molecule has 4 nitrogen and oxygen atoms in total. The molecule has 1 amide bonds. The molecule has 0 N–H and O–H groups in total. The molecule has 2 heterocycles. The number of rotatable bonds is 3. The summed E-state index contributed by atoms with van der Waals surface area (Å²) in [5.41, 5.74) is 1.99. The predicted molar refractivity (Wildman–Crippen MR) is 91.5 cm³/mol. The van der Waals surface area contributed by atoms with E-state index in [9.17, 15) is 13.6 Å². The molecule has 0 unspecified atom stereocenters. The van der Waals surface area contributed by atoms with E-state index in [-0.39, 0.29) is 17.7 Å². The molecular weight excluding hydrogens is 324 g/mol. The normalized spacial score (nSPS) is 20.3. The van der Waals surface area contributed by atoms with Crippen molar-refractivity contribution in [3.8, 4) is 0 Å². The van der Waals surface area contributed by atoms with Crippen LogP contribution in [0.4, 0.5) is 8.78 Å². The Morgan fingerprint density at radius 2 is 1.88 bits per heavy atom. The summed E-state index contributed by atoms with van der Waals surface area (Å²) in [5.74, 6) is -2.09. The van der Waals surface area contributed by atoms with Gasteiger partial charge in [-0.05, 0) is 26.6 Å². The molecule has 0 aliphatic carbocycles. The van der Waals surface area contributed by atoms with Crippen molar-refractivity contribution in [1.82, 2.24) is 14.8 Å². The number of amides is 1. The Labute approximate surface area is 146 Å². The monoisotopic (exact) mass is 345 g/mol. The Morgan fingerprint density at radius 1 is 1.20 bits per heavy atom. The highest BCUT2D eigenvalue weighted by atomic mass is 19.1. The molecule has 6 heteroatoms. The van der Waals surface area contributed by atoms with Crippen LogP contribution in [0.1, 0.15) is 27.5 Å². The summed E-state index contributed by atoms with van der Waals surface area (Å²) in [7, 11) is 3.94. The number of aromatic nitrogens is 1. The zero-order chi connectivity index (χ0) is 18.1. The molecule has 1 aromatic carbocycles. The van der Waals surface area contributed by atoms with Gasteiger partial charge in [-0.25, -0.2) is 13.8 Å². The van der Waals surface area contributed by atoms with Crippen LogP contribution in [0.15, 0.2) is 36.5 Å². The molecular formula is C19H21F2N3O. The summed E-state index contributed by atoms with van der Waals surface area (Å²) in [5, 5.41) is 0. The summed E-state index contributed by atoms with van der Waals surface area (Å²) in [4.78, 5) is 20.0. The van der Waals surface area contributed by atoms with Crippen molar-refractivity contribution >= 4 is 5.91 Å². The van der Waals surface area contributed by atoms with Gasteiger partial charge in [0, 0.05) is 31.1 Å². The van der Waals surface area contributed by atoms with Crippen LogP contribution in [0.3, 0.4) is 0 Å². The van der Waals surface area contributed by atoms with Crippen LogP contribution in [0.2, 0.25) is 0 Å². The minimum absolute atomic E-state index is 0.121. The van der Waals surface area contributed by atoms with E-state index in [1.165, 1.54) is 5.56 Å². The van der Waals surface area contributed by atoms with E-state index in [4.69, 9.17) is 0 Å². The lowest BCUT2D eigenvalue weighted by atomic mass is 9.93. The number of likely N-dealkylation sites (N-methyl/N-ethyl adjacent to an activating group) is 1. The summed E-state index contributed by atoms with van der Waals surface area (Å²) >= 11 is 0. The van der Waals surface area contributed by atoms with Crippen molar-refractivity contribution < 1.29 is 13.6 Å². The smallest absolute Gasteiger partial charge is 0.275 e. The Morgan fingerprint density at radius 3 is 2.48 bits per heavy atom. The SMILES string of the molecule is Cc1ccc([C@@H]2CN(C(=O)c3ncc(F)cc3F)C[C@H]2N(C)C)cc1. The fraction of sp³-hybridized carbons (Fsp3) is 0.368. The Balaban J connectivity index is 1.86. The Hall–Kier alpha value is -2.34. The fourth-order valence-corrected chi connectivity index (χ4v) is 3.34. The molecule has 3 rings (SSSR count). The molecule has 2 aromatic rings. The van der Waals surface area contributed by atoms with Gasteiger partial charge < -0.3 is 9.80 Å². The Bertz CT molecular complexity index is 777. The van der Waals surface area contributed by atoms with Crippen LogP contribution >= 0.6 is 0 Å². The van der Waals surface area contributed by atoms with Gasteiger partial charge in [0.2, 0.25) is 0 Å². The van der Waals surface area contributed by atoms with Gasteiger partial charge >= 0.3 is 0 Å². The highest BCUT2D eigenvalue weighted by molar-refractivity contribution is 5.92. The molecule has 2 atom stereocenters. The van der Waals surface area contributed by atoms with Crippen molar-refractivity contribution in [2.75, 3.05) is 27.2 Å². The van der Waals surface area contributed by atoms with Crippen molar-refractivity contribution in [3.05, 3.63) is 65.0 Å². The number of benzene rings is 1. The number of halogens is 2. The average Bonchev–Trinajstić information content (AvgIpc) is 3.00. The molecule has 0 bridgehead atoms. The van der Waals surface area contributed by atoms with Gasteiger partial charge in [-0.2, -0.15) is 0 Å². The van der Waals surface area contributed by atoms with Gasteiger partial charge in [-0.3, -0.25) is 4.79 Å². The first-order chi connectivity index (χ1) is 11.9. The maximum absolute atomic E-state index is 13.9. The van der Waals surface area contributed by atoms with Crippen molar-refractivity contribution in [3.63, 3.8) is 0 Å². The first-order valence-electron chi connectivity index (χ1n) is 8.20. The molecule has 1 aromatic heterocycles. The number of hydrogen-bond donors (Lipinski definition) is 0. The molecule has 0 spiro atoms. The van der Waals surface area contributed by atoms with Gasteiger partial charge in [-0.1, -0.05) is 29.8 Å². The molecule has 25 heavy (non-hydrogen) atoms. The third-order valence-corrected chi connectivity index (χ3v) is 4.76. The standard InChI is InChI=1S/C19H21F2N3O/c1-12-4-6-13(7-5-12)15-10-24(11-17(15)23(2)3)19(25)18-16(21)8-14(20)9-22-18/h4-9,15,17H,10-11H2,1-3H3/t15-,17+/m0/s1. The molecule has 1 aliphatic heterocycles. The topological polar surface area (TPSA) is 36.4 Å². The van der Waals surface area contributed by atoms with Gasteiger partial charge in [0.05, 0.1) is 6.20 Å². The molecule has 0 radical (unpaired) electrons. The molecule has 1 aliphatic rings. The highest BCUT2D eigenvalue weighted by Crippen LogP contribution is 2.31. The van der Waals surface area contributed by atoms with E-state index in [0.29, 0.717) is 19.2 Å². The number of carbonyl (C=O) groups is 1. The zero-order valence-electron chi connectivity index (χ0n) is 14.5. The second kappa shape index (κ2) is 6.88. The summed E-state index contributed by atoms with van der Waals surface area (Å²) in [6.45, 7) is 2.98. The number of pyridine rings is 1. The number of hydrogen-bond acceptors (Lipinski definition) is 3. The van der Waals surface area contributed by atoms with Crippen LogP contribution in [0, 0.1) is 18.6 Å². The first kappa shape index (κ1) is 17.5. The first-order valence-corrected chi connectivity index (χ1v) is 8.20. The summed E-state index contributed by atoms with van der Waals surface area (Å²) in [6.07, 6.45) is 0.868. The second-order valence-electron chi connectivity index (χ2n) is 6.74. The van der Waals surface area contributed by atoms with Gasteiger partial charge in [0.1, 0.15) is 5.82 Å². The number of aryl methyl sites for hydroxylation is 1. The van der Waals surface area contributed by atoms with E-state index in [1.807, 2.05) is 33.2 Å². The van der Waals surface area contributed by atoms with Crippen LogP contribution in [-0.2, 0) is 0 Å². The minimum Gasteiger partial charge on any atom is -0.335 e. The molecule has 1 saturated heterocycles. The number of nitrogens with zero attached hydrogens (tertiary/aromatic N) is 3. The average molecular weight is 345 g/mol. The zero-order valence-corrected chi connectivity index (χ0v) is 14.5. The lowest BCUT2D eigenvalue weighted by Crippen LogP contribution is -2.36. The summed E-state index contributed by atoms with van der Waals surface area (Å²) < 4.78 is 27.0. The molecule has 0 saturated carbocycles. The molecule has 1 fully saturated rings. The number of likely N-dealkylation sites (tertiary alicyclic amines) is 1. The van der Waals surface area contributed by atoms with E-state index < -0.39 is 17.5 Å². The van der Waals surface area contributed by atoms with Crippen LogP contribution in [0.25, 0.3) is 0 Å².